The Morgan fingerprint density at radius 1 is 1.57 bits per heavy atom. The molecule has 4 heteroatoms. The number of nitrogens with zero attached hydrogens (tertiary/aromatic N) is 2. The number of aryl methyl sites for hydroxylation is 1. The van der Waals surface area contributed by atoms with Crippen molar-refractivity contribution in [1.82, 2.24) is 9.97 Å². The highest BCUT2D eigenvalue weighted by Crippen LogP contribution is 2.21. The van der Waals surface area contributed by atoms with Crippen molar-refractivity contribution in [3.8, 4) is 6.07 Å². The zero-order chi connectivity index (χ0) is 10.8. The van der Waals surface area contributed by atoms with Gasteiger partial charge in [0.25, 0.3) is 0 Å². The van der Waals surface area contributed by atoms with Gasteiger partial charge in [-0.3, -0.25) is 0 Å². The largest absolute Gasteiger partial charge is 0.384 e. The lowest BCUT2D eigenvalue weighted by molar-refractivity contribution is 0.0739. The fraction of sp³-hybridized carbons (Fsp3) is 0.600. The normalized spacial score (nSPS) is 11.4. The molecule has 0 aliphatic rings. The van der Waals surface area contributed by atoms with Crippen molar-refractivity contribution in [2.24, 2.45) is 0 Å². The highest BCUT2D eigenvalue weighted by Gasteiger charge is 2.23. The molecule has 0 saturated carbocycles. The van der Waals surface area contributed by atoms with Crippen LogP contribution in [0.25, 0.3) is 0 Å². The molecular weight excluding hydrogens is 178 g/mol. The Morgan fingerprint density at radius 3 is 2.57 bits per heavy atom. The number of hydrogen-bond acceptors (Lipinski definition) is 3. The summed E-state index contributed by atoms with van der Waals surface area (Å²) >= 11 is 0. The number of nitrogens with one attached hydrogen (secondary N) is 1. The van der Waals surface area contributed by atoms with Crippen molar-refractivity contribution in [3.63, 3.8) is 0 Å². The summed E-state index contributed by atoms with van der Waals surface area (Å²) in [5, 5.41) is 18.6. The number of nitriles is 1. The van der Waals surface area contributed by atoms with Crippen LogP contribution in [0.1, 0.15) is 44.4 Å². The smallest absolute Gasteiger partial charge is 0.164 e. The fourth-order valence-corrected chi connectivity index (χ4v) is 1.30. The van der Waals surface area contributed by atoms with Crippen LogP contribution in [0.15, 0.2) is 0 Å². The van der Waals surface area contributed by atoms with Gasteiger partial charge in [0.05, 0.1) is 5.69 Å². The number of hydrogen-bond donors (Lipinski definition) is 2. The van der Waals surface area contributed by atoms with Gasteiger partial charge in [0.2, 0.25) is 0 Å². The second-order valence-electron chi connectivity index (χ2n) is 3.83. The predicted molar refractivity (Wildman–Crippen MR) is 52.5 cm³/mol. The molecule has 0 fully saturated rings. The number of rotatable bonds is 3. The quantitative estimate of drug-likeness (QED) is 0.763. The molecule has 1 aromatic rings. The van der Waals surface area contributed by atoms with E-state index in [2.05, 4.69) is 9.97 Å². The Kier molecular flexibility index (Phi) is 2.92. The molecule has 0 amide bonds. The number of imidazole rings is 1. The average molecular weight is 193 g/mol. The van der Waals surface area contributed by atoms with Crippen molar-refractivity contribution in [3.05, 3.63) is 17.2 Å². The van der Waals surface area contributed by atoms with Gasteiger partial charge < -0.3 is 10.1 Å². The Labute approximate surface area is 83.6 Å². The van der Waals surface area contributed by atoms with Crippen LogP contribution < -0.4 is 0 Å². The lowest BCUT2D eigenvalue weighted by atomic mass is 10.0. The number of aromatic amines is 1. The molecule has 0 spiro atoms. The first-order valence-corrected chi connectivity index (χ1v) is 4.71. The van der Waals surface area contributed by atoms with Crippen LogP contribution in [0.3, 0.4) is 0 Å². The first kappa shape index (κ1) is 10.7. The van der Waals surface area contributed by atoms with E-state index in [0.29, 0.717) is 11.4 Å². The van der Waals surface area contributed by atoms with E-state index in [9.17, 15) is 5.11 Å². The fourth-order valence-electron chi connectivity index (χ4n) is 1.30. The maximum atomic E-state index is 9.76. The summed E-state index contributed by atoms with van der Waals surface area (Å²) in [5.41, 5.74) is -0.242. The van der Waals surface area contributed by atoms with Gasteiger partial charge in [-0.15, -0.1) is 0 Å². The monoisotopic (exact) mass is 193 g/mol. The minimum Gasteiger partial charge on any atom is -0.384 e. The van der Waals surface area contributed by atoms with Gasteiger partial charge in [-0.2, -0.15) is 5.26 Å². The highest BCUT2D eigenvalue weighted by atomic mass is 16.3. The Bertz CT molecular complexity index is 354. The average Bonchev–Trinajstić information content (AvgIpc) is 2.47. The molecule has 0 bridgehead atoms. The third kappa shape index (κ3) is 2.12. The molecule has 0 saturated heterocycles. The van der Waals surface area contributed by atoms with Gasteiger partial charge in [0.1, 0.15) is 17.5 Å². The first-order chi connectivity index (χ1) is 6.49. The molecule has 0 aliphatic heterocycles. The van der Waals surface area contributed by atoms with Crippen LogP contribution >= 0.6 is 0 Å². The van der Waals surface area contributed by atoms with E-state index in [1.165, 1.54) is 0 Å². The Balaban J connectivity index is 3.11. The number of aromatic nitrogens is 2. The molecule has 0 unspecified atom stereocenters. The summed E-state index contributed by atoms with van der Waals surface area (Å²) in [6.45, 7) is 5.31. The summed E-state index contributed by atoms with van der Waals surface area (Å²) in [6.07, 6.45) is 1.76. The third-order valence-corrected chi connectivity index (χ3v) is 1.96. The number of H-pyrrole nitrogens is 1. The van der Waals surface area contributed by atoms with Crippen LogP contribution in [0.2, 0.25) is 0 Å². The van der Waals surface area contributed by atoms with Gasteiger partial charge in [0.15, 0.2) is 5.69 Å². The topological polar surface area (TPSA) is 72.7 Å². The minimum absolute atomic E-state index is 0.293. The summed E-state index contributed by atoms with van der Waals surface area (Å²) in [7, 11) is 0. The van der Waals surface area contributed by atoms with E-state index in [1.807, 2.05) is 13.0 Å². The minimum atomic E-state index is -1.04. The van der Waals surface area contributed by atoms with Gasteiger partial charge in [-0.25, -0.2) is 4.98 Å². The first-order valence-electron chi connectivity index (χ1n) is 4.71. The van der Waals surface area contributed by atoms with Crippen molar-refractivity contribution in [2.45, 2.75) is 39.2 Å². The van der Waals surface area contributed by atoms with Crippen LogP contribution in [0.4, 0.5) is 0 Å². The van der Waals surface area contributed by atoms with Crippen molar-refractivity contribution < 1.29 is 5.11 Å². The summed E-state index contributed by atoms with van der Waals surface area (Å²) in [5.74, 6) is 0.765. The van der Waals surface area contributed by atoms with Gasteiger partial charge in [0, 0.05) is 6.42 Å². The molecule has 4 nitrogen and oxygen atoms in total. The molecule has 1 aromatic heterocycles. The molecule has 0 aliphatic carbocycles. The molecule has 76 valence electrons. The molecular formula is C10H15N3O. The summed E-state index contributed by atoms with van der Waals surface area (Å²) < 4.78 is 0. The van der Waals surface area contributed by atoms with E-state index in [-0.39, 0.29) is 0 Å². The molecule has 1 rings (SSSR count). The van der Waals surface area contributed by atoms with E-state index in [0.717, 1.165) is 18.7 Å². The molecule has 0 radical (unpaired) electrons. The van der Waals surface area contributed by atoms with E-state index in [4.69, 9.17) is 5.26 Å². The Hall–Kier alpha value is -1.34. The number of aliphatic hydroxyl groups is 1. The maximum absolute atomic E-state index is 9.76. The third-order valence-electron chi connectivity index (χ3n) is 1.96. The van der Waals surface area contributed by atoms with Crippen LogP contribution in [-0.4, -0.2) is 15.1 Å². The van der Waals surface area contributed by atoms with Crippen LogP contribution in [0, 0.1) is 11.3 Å². The second-order valence-corrected chi connectivity index (χ2v) is 3.83. The van der Waals surface area contributed by atoms with Crippen LogP contribution in [-0.2, 0) is 12.0 Å². The standard InChI is InChI=1S/C10H15N3O/c1-4-5-8-12-7(6-11)9(13-8)10(2,3)14/h14H,4-5H2,1-3H3,(H,12,13). The van der Waals surface area contributed by atoms with Crippen LogP contribution in [0.5, 0.6) is 0 Å². The molecule has 14 heavy (non-hydrogen) atoms. The van der Waals surface area contributed by atoms with Gasteiger partial charge in [-0.1, -0.05) is 6.92 Å². The molecule has 1 heterocycles. The molecule has 2 N–H and O–H groups in total. The molecule has 0 atom stereocenters. The van der Waals surface area contributed by atoms with E-state index < -0.39 is 5.60 Å². The van der Waals surface area contributed by atoms with Gasteiger partial charge in [-0.05, 0) is 20.3 Å². The second kappa shape index (κ2) is 3.81. The SMILES string of the molecule is CCCc1nc(C#N)c(C(C)(C)O)[nH]1. The zero-order valence-electron chi connectivity index (χ0n) is 8.76. The zero-order valence-corrected chi connectivity index (χ0v) is 8.76. The summed E-state index contributed by atoms with van der Waals surface area (Å²) in [6, 6.07) is 1.98. The van der Waals surface area contributed by atoms with E-state index >= 15 is 0 Å². The van der Waals surface area contributed by atoms with E-state index in [1.54, 1.807) is 13.8 Å². The lowest BCUT2D eigenvalue weighted by Gasteiger charge is -2.14. The van der Waals surface area contributed by atoms with Gasteiger partial charge >= 0.3 is 0 Å². The van der Waals surface area contributed by atoms with Crippen molar-refractivity contribution >= 4 is 0 Å². The van der Waals surface area contributed by atoms with Crippen molar-refractivity contribution in [1.29, 1.82) is 5.26 Å². The molecule has 0 aromatic carbocycles. The Morgan fingerprint density at radius 2 is 2.21 bits per heavy atom. The highest BCUT2D eigenvalue weighted by molar-refractivity contribution is 5.31. The van der Waals surface area contributed by atoms with Crippen molar-refractivity contribution in [2.75, 3.05) is 0 Å². The maximum Gasteiger partial charge on any atom is 0.164 e. The summed E-state index contributed by atoms with van der Waals surface area (Å²) in [4.78, 5) is 7.10. The lowest BCUT2D eigenvalue weighted by Crippen LogP contribution is -2.17. The predicted octanol–water partition coefficient (Wildman–Crippen LogP) is 1.46.